The van der Waals surface area contributed by atoms with Crippen LogP contribution < -0.4 is 14.8 Å². The van der Waals surface area contributed by atoms with E-state index >= 15 is 0 Å². The van der Waals surface area contributed by atoms with Crippen molar-refractivity contribution in [3.8, 4) is 11.5 Å². The number of nitrogens with zero attached hydrogens (tertiary/aromatic N) is 2. The van der Waals surface area contributed by atoms with E-state index in [9.17, 15) is 4.79 Å². The average molecular weight is 450 g/mol. The number of piperazine rings is 1. The zero-order valence-corrected chi connectivity index (χ0v) is 20.1. The minimum Gasteiger partial charge on any atom is -0.486 e. The predicted molar refractivity (Wildman–Crippen MR) is 132 cm³/mol. The zero-order valence-electron chi connectivity index (χ0n) is 20.1. The molecule has 0 bridgehead atoms. The molecule has 3 aliphatic heterocycles. The minimum absolute atomic E-state index is 0.0529. The van der Waals surface area contributed by atoms with Gasteiger partial charge in [-0.25, -0.2) is 0 Å². The summed E-state index contributed by atoms with van der Waals surface area (Å²) in [7, 11) is 0. The highest BCUT2D eigenvalue weighted by atomic mass is 16.6. The first kappa shape index (κ1) is 23.2. The van der Waals surface area contributed by atoms with Gasteiger partial charge in [0.05, 0.1) is 5.70 Å². The van der Waals surface area contributed by atoms with Crippen molar-refractivity contribution < 1.29 is 14.3 Å². The monoisotopic (exact) mass is 449 g/mol. The molecule has 3 heterocycles. The topological polar surface area (TPSA) is 54.0 Å². The number of unbranched alkanes of at least 4 members (excludes halogenated alkanes) is 1. The molecule has 6 nitrogen and oxygen atoms in total. The molecule has 1 fully saturated rings. The Hall–Kier alpha value is -2.99. The maximum atomic E-state index is 13.4. The number of carbonyl (C=O) groups excluding carboxylic acids is 1. The van der Waals surface area contributed by atoms with Crippen molar-refractivity contribution in [2.75, 3.05) is 26.3 Å². The lowest BCUT2D eigenvalue weighted by molar-refractivity contribution is -0.122. The van der Waals surface area contributed by atoms with E-state index in [0.717, 1.165) is 60.0 Å². The lowest BCUT2D eigenvalue weighted by Crippen LogP contribution is -2.53. The average Bonchev–Trinajstić information content (AvgIpc) is 2.81. The Balaban J connectivity index is 1.59. The lowest BCUT2D eigenvalue weighted by atomic mass is 10.1. The maximum Gasteiger partial charge on any atom is 0.255 e. The van der Waals surface area contributed by atoms with E-state index in [1.807, 2.05) is 31.3 Å². The second-order valence-corrected chi connectivity index (χ2v) is 9.07. The van der Waals surface area contributed by atoms with Gasteiger partial charge in [0, 0.05) is 43.1 Å². The van der Waals surface area contributed by atoms with Crippen molar-refractivity contribution in [1.29, 1.82) is 0 Å². The lowest BCUT2D eigenvalue weighted by Gasteiger charge is -2.39. The van der Waals surface area contributed by atoms with Gasteiger partial charge in [-0.05, 0) is 62.6 Å². The molecule has 0 aliphatic carbocycles. The van der Waals surface area contributed by atoms with Crippen LogP contribution in [0.3, 0.4) is 0 Å². The molecule has 176 valence electrons. The summed E-state index contributed by atoms with van der Waals surface area (Å²) in [5.41, 5.74) is 3.84. The van der Waals surface area contributed by atoms with Crippen LogP contribution in [-0.2, 0) is 4.79 Å². The number of ether oxygens (including phenoxy) is 2. The SMILES string of the molecule is CCCC=C1C=CC(N2CC(C)NC(C)C2)=CN1C(=O)C=C(C)c1ccc2c(c1)OCCO2. The Labute approximate surface area is 197 Å². The van der Waals surface area contributed by atoms with Crippen molar-refractivity contribution in [2.45, 2.75) is 52.6 Å². The first-order valence-corrected chi connectivity index (χ1v) is 12.0. The van der Waals surface area contributed by atoms with Crippen LogP contribution in [0.2, 0.25) is 0 Å². The Morgan fingerprint density at radius 1 is 1.12 bits per heavy atom. The minimum atomic E-state index is -0.0529. The molecule has 1 saturated heterocycles. The fourth-order valence-corrected chi connectivity index (χ4v) is 4.50. The summed E-state index contributed by atoms with van der Waals surface area (Å²) >= 11 is 0. The van der Waals surface area contributed by atoms with Crippen LogP contribution in [0.4, 0.5) is 0 Å². The Bertz CT molecular complexity index is 998. The van der Waals surface area contributed by atoms with Gasteiger partial charge in [-0.15, -0.1) is 0 Å². The molecule has 2 atom stereocenters. The normalized spacial score (nSPS) is 24.2. The van der Waals surface area contributed by atoms with Crippen molar-refractivity contribution >= 4 is 11.5 Å². The molecular weight excluding hydrogens is 414 g/mol. The van der Waals surface area contributed by atoms with Gasteiger partial charge in [-0.1, -0.05) is 25.5 Å². The zero-order chi connectivity index (χ0) is 23.4. The second kappa shape index (κ2) is 10.3. The molecule has 4 rings (SSSR count). The largest absolute Gasteiger partial charge is 0.486 e. The third-order valence-electron chi connectivity index (χ3n) is 6.10. The molecule has 2 unspecified atom stereocenters. The fraction of sp³-hybridized carbons (Fsp3) is 0.444. The molecule has 33 heavy (non-hydrogen) atoms. The summed E-state index contributed by atoms with van der Waals surface area (Å²) in [6.45, 7) is 11.4. The highest BCUT2D eigenvalue weighted by molar-refractivity contribution is 5.97. The molecule has 0 saturated carbocycles. The third-order valence-corrected chi connectivity index (χ3v) is 6.10. The number of fused-ring (bicyclic) bond motifs is 1. The van der Waals surface area contributed by atoms with E-state index in [2.05, 4.69) is 49.2 Å². The highest BCUT2D eigenvalue weighted by Gasteiger charge is 2.25. The van der Waals surface area contributed by atoms with Gasteiger partial charge in [0.1, 0.15) is 13.2 Å². The number of benzene rings is 1. The van der Waals surface area contributed by atoms with E-state index in [-0.39, 0.29) is 5.91 Å². The second-order valence-electron chi connectivity index (χ2n) is 9.07. The van der Waals surface area contributed by atoms with Crippen LogP contribution in [0.25, 0.3) is 5.57 Å². The molecule has 0 spiro atoms. The van der Waals surface area contributed by atoms with Crippen LogP contribution in [0.1, 0.15) is 46.1 Å². The van der Waals surface area contributed by atoms with Crippen LogP contribution in [-0.4, -0.2) is 54.1 Å². The van der Waals surface area contributed by atoms with Gasteiger partial charge < -0.3 is 19.7 Å². The summed E-state index contributed by atoms with van der Waals surface area (Å²) in [5, 5.41) is 3.57. The smallest absolute Gasteiger partial charge is 0.255 e. The van der Waals surface area contributed by atoms with Crippen LogP contribution >= 0.6 is 0 Å². The molecule has 1 aromatic rings. The predicted octanol–water partition coefficient (Wildman–Crippen LogP) is 4.47. The van der Waals surface area contributed by atoms with Crippen LogP contribution in [0.5, 0.6) is 11.5 Å². The number of amides is 1. The number of carbonyl (C=O) groups is 1. The standard InChI is InChI=1S/C27H35N3O3/c1-5-6-7-23-9-10-24(29-16-20(3)28-21(4)17-29)18-30(23)27(31)14-19(2)22-8-11-25-26(15-22)33-13-12-32-25/h7-11,14-15,18,20-21,28H,5-6,12-13,16-17H2,1-4H3. The van der Waals surface area contributed by atoms with Crippen LogP contribution in [0, 0.1) is 0 Å². The van der Waals surface area contributed by atoms with Gasteiger partial charge in [-0.2, -0.15) is 0 Å². The van der Waals surface area contributed by atoms with E-state index in [0.29, 0.717) is 25.3 Å². The molecule has 3 aliphatic rings. The Morgan fingerprint density at radius 2 is 1.85 bits per heavy atom. The summed E-state index contributed by atoms with van der Waals surface area (Å²) in [5.74, 6) is 1.43. The Morgan fingerprint density at radius 3 is 2.58 bits per heavy atom. The van der Waals surface area contributed by atoms with E-state index in [1.54, 1.807) is 11.0 Å². The van der Waals surface area contributed by atoms with E-state index in [1.165, 1.54) is 0 Å². The number of nitrogens with one attached hydrogen (secondary N) is 1. The van der Waals surface area contributed by atoms with Gasteiger partial charge in [0.15, 0.2) is 11.5 Å². The maximum absolute atomic E-state index is 13.4. The number of hydrogen-bond acceptors (Lipinski definition) is 5. The quantitative estimate of drug-likeness (QED) is 0.673. The fourth-order valence-electron chi connectivity index (χ4n) is 4.50. The summed E-state index contributed by atoms with van der Waals surface area (Å²) in [4.78, 5) is 17.6. The molecule has 1 amide bonds. The first-order valence-electron chi connectivity index (χ1n) is 12.0. The third kappa shape index (κ3) is 5.50. The van der Waals surface area contributed by atoms with Gasteiger partial charge in [0.25, 0.3) is 5.91 Å². The Kier molecular flexibility index (Phi) is 7.23. The summed E-state index contributed by atoms with van der Waals surface area (Å²) < 4.78 is 11.3. The highest BCUT2D eigenvalue weighted by Crippen LogP contribution is 2.33. The summed E-state index contributed by atoms with van der Waals surface area (Å²) in [6.07, 6.45) is 12.0. The van der Waals surface area contributed by atoms with Gasteiger partial charge >= 0.3 is 0 Å². The molecule has 1 aromatic carbocycles. The molecule has 1 N–H and O–H groups in total. The summed E-state index contributed by atoms with van der Waals surface area (Å²) in [6, 6.07) is 6.64. The van der Waals surface area contributed by atoms with E-state index in [4.69, 9.17) is 9.47 Å². The molecule has 0 radical (unpaired) electrons. The first-order chi connectivity index (χ1) is 15.9. The van der Waals surface area contributed by atoms with Crippen molar-refractivity contribution in [2.24, 2.45) is 0 Å². The molecule has 0 aromatic heterocycles. The van der Waals surface area contributed by atoms with Gasteiger partial charge in [-0.3, -0.25) is 9.69 Å². The van der Waals surface area contributed by atoms with Crippen molar-refractivity contribution in [3.63, 3.8) is 0 Å². The number of hydrogen-bond donors (Lipinski definition) is 1. The van der Waals surface area contributed by atoms with Crippen molar-refractivity contribution in [1.82, 2.24) is 15.1 Å². The number of rotatable bonds is 5. The van der Waals surface area contributed by atoms with Gasteiger partial charge in [0.2, 0.25) is 0 Å². The van der Waals surface area contributed by atoms with Crippen LogP contribution in [0.15, 0.2) is 60.1 Å². The van der Waals surface area contributed by atoms with Crippen molar-refractivity contribution in [3.05, 3.63) is 65.7 Å². The molecule has 6 heteroatoms. The van der Waals surface area contributed by atoms with E-state index < -0.39 is 0 Å². The number of allylic oxidation sites excluding steroid dienone is 4. The molecular formula is C27H35N3O3.